The van der Waals surface area contributed by atoms with Crippen molar-refractivity contribution in [3.8, 4) is 0 Å². The minimum atomic E-state index is 0. The van der Waals surface area contributed by atoms with Gasteiger partial charge in [-0.05, 0) is 5.92 Å². The zero-order chi connectivity index (χ0) is 13.5. The van der Waals surface area contributed by atoms with Crippen molar-refractivity contribution in [1.82, 2.24) is 0 Å². The maximum Gasteiger partial charge on any atom is -0.0471 e. The van der Waals surface area contributed by atoms with Crippen molar-refractivity contribution in [1.29, 1.82) is 0 Å². The van der Waals surface area contributed by atoms with Gasteiger partial charge in [0, 0.05) is 0 Å². The molecule has 0 unspecified atom stereocenters. The van der Waals surface area contributed by atoms with E-state index < -0.39 is 0 Å². The van der Waals surface area contributed by atoms with Gasteiger partial charge in [0.05, 0.1) is 0 Å². The molecule has 0 saturated carbocycles. The van der Waals surface area contributed by atoms with Crippen LogP contribution in [0.25, 0.3) is 0 Å². The lowest BCUT2D eigenvalue weighted by Gasteiger charge is -2.04. The molecule has 0 amide bonds. The van der Waals surface area contributed by atoms with E-state index in [2.05, 4.69) is 20.8 Å². The van der Waals surface area contributed by atoms with Crippen LogP contribution in [0.15, 0.2) is 0 Å². The fourth-order valence-corrected chi connectivity index (χ4v) is 2.57. The Labute approximate surface area is 122 Å². The van der Waals surface area contributed by atoms with Gasteiger partial charge in [0.15, 0.2) is 0 Å². The first kappa shape index (κ1) is 21.3. The molecule has 0 aliphatic carbocycles. The van der Waals surface area contributed by atoms with Crippen LogP contribution in [0.1, 0.15) is 111 Å². The molecular formula is C18H40O. The Morgan fingerprint density at radius 2 is 0.842 bits per heavy atom. The molecule has 19 heavy (non-hydrogen) atoms. The smallest absolute Gasteiger partial charge is 0.0471 e. The second-order valence-corrected chi connectivity index (χ2v) is 6.43. The minimum Gasteiger partial charge on any atom is -0.412 e. The normalized spacial score (nSPS) is 10.7. The molecule has 0 aromatic carbocycles. The molecule has 0 aliphatic rings. The van der Waals surface area contributed by atoms with Crippen molar-refractivity contribution in [2.75, 3.05) is 0 Å². The summed E-state index contributed by atoms with van der Waals surface area (Å²) in [6, 6.07) is 0. The highest BCUT2D eigenvalue weighted by Gasteiger charge is 1.95. The zero-order valence-corrected chi connectivity index (χ0v) is 14.0. The summed E-state index contributed by atoms with van der Waals surface area (Å²) in [5.74, 6) is 0.901. The SMILES string of the molecule is CCCCCCCCCCCCCCCC(C)C.O. The second kappa shape index (κ2) is 18.0. The molecule has 0 atom stereocenters. The van der Waals surface area contributed by atoms with Gasteiger partial charge in [-0.15, -0.1) is 0 Å². The molecule has 0 aliphatic heterocycles. The molecule has 0 spiro atoms. The van der Waals surface area contributed by atoms with Crippen LogP contribution < -0.4 is 0 Å². The van der Waals surface area contributed by atoms with Gasteiger partial charge in [-0.25, -0.2) is 0 Å². The van der Waals surface area contributed by atoms with Gasteiger partial charge in [-0.1, -0.05) is 111 Å². The molecule has 0 aromatic heterocycles. The molecule has 1 nitrogen and oxygen atoms in total. The molecule has 0 aromatic rings. The van der Waals surface area contributed by atoms with Gasteiger partial charge in [-0.3, -0.25) is 0 Å². The van der Waals surface area contributed by atoms with Crippen LogP contribution in [-0.4, -0.2) is 5.48 Å². The maximum absolute atomic E-state index is 2.33. The van der Waals surface area contributed by atoms with E-state index in [1.165, 1.54) is 89.9 Å². The summed E-state index contributed by atoms with van der Waals surface area (Å²) in [4.78, 5) is 0. The van der Waals surface area contributed by atoms with Crippen LogP contribution in [0.4, 0.5) is 0 Å². The van der Waals surface area contributed by atoms with Crippen LogP contribution in [0.5, 0.6) is 0 Å². The molecule has 0 saturated heterocycles. The summed E-state index contributed by atoms with van der Waals surface area (Å²) < 4.78 is 0. The van der Waals surface area contributed by atoms with E-state index in [0.717, 1.165) is 5.92 Å². The highest BCUT2D eigenvalue weighted by atomic mass is 16.0. The molecule has 118 valence electrons. The van der Waals surface area contributed by atoms with Gasteiger partial charge in [0.1, 0.15) is 0 Å². The van der Waals surface area contributed by atoms with E-state index >= 15 is 0 Å². The van der Waals surface area contributed by atoms with Crippen LogP contribution in [0.3, 0.4) is 0 Å². The van der Waals surface area contributed by atoms with Crippen molar-refractivity contribution >= 4 is 0 Å². The van der Waals surface area contributed by atoms with E-state index in [1.54, 1.807) is 0 Å². The van der Waals surface area contributed by atoms with Crippen LogP contribution in [-0.2, 0) is 0 Å². The second-order valence-electron chi connectivity index (χ2n) is 6.43. The van der Waals surface area contributed by atoms with Gasteiger partial charge < -0.3 is 5.48 Å². The summed E-state index contributed by atoms with van der Waals surface area (Å²) in [7, 11) is 0. The number of unbranched alkanes of at least 4 members (excludes halogenated alkanes) is 12. The van der Waals surface area contributed by atoms with E-state index in [9.17, 15) is 0 Å². The summed E-state index contributed by atoms with van der Waals surface area (Å²) in [5, 5.41) is 0. The van der Waals surface area contributed by atoms with Crippen LogP contribution >= 0.6 is 0 Å². The Kier molecular flexibility index (Phi) is 20.1. The lowest BCUT2D eigenvalue weighted by molar-refractivity contribution is 0.503. The molecule has 0 fully saturated rings. The standard InChI is InChI=1S/C18H38.H2O/c1-4-5-6-7-8-9-10-11-12-13-14-15-16-17-18(2)3;/h18H,4-17H2,1-3H3;1H2. The molecule has 2 N–H and O–H groups in total. The van der Waals surface area contributed by atoms with Gasteiger partial charge in [0.25, 0.3) is 0 Å². The minimum absolute atomic E-state index is 0. The van der Waals surface area contributed by atoms with Crippen molar-refractivity contribution in [3.05, 3.63) is 0 Å². The van der Waals surface area contributed by atoms with Gasteiger partial charge >= 0.3 is 0 Å². The number of hydrogen-bond acceptors (Lipinski definition) is 0. The summed E-state index contributed by atoms with van der Waals surface area (Å²) in [6.45, 7) is 6.96. The predicted molar refractivity (Wildman–Crippen MR) is 88.8 cm³/mol. The lowest BCUT2D eigenvalue weighted by Crippen LogP contribution is -1.87. The lowest BCUT2D eigenvalue weighted by atomic mass is 10.0. The fraction of sp³-hybridized carbons (Fsp3) is 1.00. The Balaban J connectivity index is 0. The third kappa shape index (κ3) is 20.4. The quantitative estimate of drug-likeness (QED) is 0.332. The average Bonchev–Trinajstić information content (AvgIpc) is 2.34. The summed E-state index contributed by atoms with van der Waals surface area (Å²) >= 11 is 0. The summed E-state index contributed by atoms with van der Waals surface area (Å²) in [5.41, 5.74) is 0. The Hall–Kier alpha value is -0.0400. The van der Waals surface area contributed by atoms with Gasteiger partial charge in [-0.2, -0.15) is 0 Å². The highest BCUT2D eigenvalue weighted by Crippen LogP contribution is 2.14. The largest absolute Gasteiger partial charge is 0.412 e. The first-order chi connectivity index (χ1) is 8.77. The average molecular weight is 273 g/mol. The molecule has 0 rings (SSSR count). The molecule has 0 bridgehead atoms. The van der Waals surface area contributed by atoms with Crippen LogP contribution in [0, 0.1) is 5.92 Å². The molecular weight excluding hydrogens is 232 g/mol. The van der Waals surface area contributed by atoms with Crippen molar-refractivity contribution < 1.29 is 5.48 Å². The predicted octanol–water partition coefficient (Wildman–Crippen LogP) is 6.30. The number of hydrogen-bond donors (Lipinski definition) is 0. The van der Waals surface area contributed by atoms with E-state index in [0.29, 0.717) is 0 Å². The van der Waals surface area contributed by atoms with Crippen LogP contribution in [0.2, 0.25) is 0 Å². The molecule has 1 heteroatoms. The van der Waals surface area contributed by atoms with E-state index in [-0.39, 0.29) is 5.48 Å². The number of rotatable bonds is 14. The van der Waals surface area contributed by atoms with Gasteiger partial charge in [0.2, 0.25) is 0 Å². The Morgan fingerprint density at radius 3 is 1.16 bits per heavy atom. The highest BCUT2D eigenvalue weighted by molar-refractivity contribution is 4.50. The fourth-order valence-electron chi connectivity index (χ4n) is 2.57. The Bertz CT molecular complexity index is 143. The first-order valence-electron chi connectivity index (χ1n) is 8.77. The first-order valence-corrected chi connectivity index (χ1v) is 8.77. The third-order valence-electron chi connectivity index (χ3n) is 3.89. The summed E-state index contributed by atoms with van der Waals surface area (Å²) in [6.07, 6.45) is 20.5. The van der Waals surface area contributed by atoms with Crippen molar-refractivity contribution in [2.24, 2.45) is 5.92 Å². The van der Waals surface area contributed by atoms with E-state index in [1.807, 2.05) is 0 Å². The zero-order valence-electron chi connectivity index (χ0n) is 14.0. The third-order valence-corrected chi connectivity index (χ3v) is 3.89. The maximum atomic E-state index is 2.33. The van der Waals surface area contributed by atoms with Crippen molar-refractivity contribution in [3.63, 3.8) is 0 Å². The Morgan fingerprint density at radius 1 is 0.526 bits per heavy atom. The molecule has 0 radical (unpaired) electrons. The van der Waals surface area contributed by atoms with Crippen molar-refractivity contribution in [2.45, 2.75) is 111 Å². The molecule has 0 heterocycles. The van der Waals surface area contributed by atoms with E-state index in [4.69, 9.17) is 0 Å². The topological polar surface area (TPSA) is 31.5 Å². The monoisotopic (exact) mass is 272 g/mol.